The van der Waals surface area contributed by atoms with Gasteiger partial charge < -0.3 is 14.6 Å². The summed E-state index contributed by atoms with van der Waals surface area (Å²) in [5.74, 6) is 1.23. The lowest BCUT2D eigenvalue weighted by atomic mass is 10.1. The van der Waals surface area contributed by atoms with E-state index >= 15 is 0 Å². The van der Waals surface area contributed by atoms with Crippen LogP contribution in [-0.2, 0) is 9.47 Å². The third kappa shape index (κ3) is 1.48. The molecule has 0 heterocycles. The first-order valence-corrected chi connectivity index (χ1v) is 3.50. The van der Waals surface area contributed by atoms with Gasteiger partial charge in [-0.3, -0.25) is 0 Å². The third-order valence-corrected chi connectivity index (χ3v) is 1.66. The van der Waals surface area contributed by atoms with E-state index in [2.05, 4.69) is 0 Å². The van der Waals surface area contributed by atoms with Gasteiger partial charge in [-0.1, -0.05) is 0 Å². The molecule has 0 aliphatic heterocycles. The van der Waals surface area contributed by atoms with E-state index in [1.165, 1.54) is 7.11 Å². The van der Waals surface area contributed by atoms with E-state index in [4.69, 9.17) is 9.47 Å². The van der Waals surface area contributed by atoms with Gasteiger partial charge in [0.2, 0.25) is 0 Å². The van der Waals surface area contributed by atoms with E-state index in [0.717, 1.165) is 12.8 Å². The van der Waals surface area contributed by atoms with Gasteiger partial charge in [0.25, 0.3) is 0 Å². The number of methoxy groups -OCH3 is 2. The molecule has 0 saturated carbocycles. The van der Waals surface area contributed by atoms with Crippen LogP contribution in [0.1, 0.15) is 12.8 Å². The minimum atomic E-state index is 0.126. The molecule has 0 aromatic rings. The van der Waals surface area contributed by atoms with E-state index < -0.39 is 0 Å². The van der Waals surface area contributed by atoms with Crippen LogP contribution in [0, 0.1) is 0 Å². The Bertz CT molecular complexity index is 203. The molecule has 1 rings (SSSR count). The lowest BCUT2D eigenvalue weighted by Crippen LogP contribution is -2.03. The Labute approximate surface area is 65.9 Å². The average Bonchev–Trinajstić information content (AvgIpc) is 2.05. The maximum atomic E-state index is 9.39. The summed E-state index contributed by atoms with van der Waals surface area (Å²) in [7, 11) is 3.07. The van der Waals surface area contributed by atoms with Gasteiger partial charge in [0.05, 0.1) is 14.2 Å². The quantitative estimate of drug-likeness (QED) is 0.661. The van der Waals surface area contributed by atoms with E-state index in [1.807, 2.05) is 6.08 Å². The van der Waals surface area contributed by atoms with Crippen LogP contribution in [0.4, 0.5) is 0 Å². The van der Waals surface area contributed by atoms with Crippen molar-refractivity contribution < 1.29 is 14.6 Å². The first kappa shape index (κ1) is 7.98. The van der Waals surface area contributed by atoms with Crippen LogP contribution in [0.2, 0.25) is 0 Å². The topological polar surface area (TPSA) is 38.7 Å². The Hall–Kier alpha value is -1.12. The van der Waals surface area contributed by atoms with Crippen molar-refractivity contribution in [2.75, 3.05) is 14.2 Å². The smallest absolute Gasteiger partial charge is 0.195 e. The standard InChI is InChI=1S/C8H12O3/c1-10-6-4-3-5-7(11-2)8(6)9/h4,9H,3,5H2,1-2H3. The first-order chi connectivity index (χ1) is 5.29. The van der Waals surface area contributed by atoms with Gasteiger partial charge in [-0.25, -0.2) is 0 Å². The van der Waals surface area contributed by atoms with Gasteiger partial charge in [0.1, 0.15) is 5.76 Å². The van der Waals surface area contributed by atoms with Crippen LogP contribution < -0.4 is 0 Å². The molecular formula is C8H12O3. The second kappa shape index (κ2) is 3.32. The fourth-order valence-corrected chi connectivity index (χ4v) is 1.07. The normalized spacial score (nSPS) is 17.8. The molecule has 0 amide bonds. The predicted molar refractivity (Wildman–Crippen MR) is 41.0 cm³/mol. The highest BCUT2D eigenvalue weighted by Gasteiger charge is 2.15. The number of allylic oxidation sites excluding steroid dienone is 2. The number of rotatable bonds is 2. The maximum absolute atomic E-state index is 9.39. The molecule has 0 saturated heterocycles. The number of ether oxygens (including phenoxy) is 2. The number of aliphatic hydroxyl groups is 1. The Morgan fingerprint density at radius 3 is 2.64 bits per heavy atom. The molecule has 11 heavy (non-hydrogen) atoms. The van der Waals surface area contributed by atoms with Crippen molar-refractivity contribution in [3.63, 3.8) is 0 Å². The molecule has 0 bridgehead atoms. The minimum Gasteiger partial charge on any atom is -0.502 e. The highest BCUT2D eigenvalue weighted by molar-refractivity contribution is 5.25. The summed E-state index contributed by atoms with van der Waals surface area (Å²) < 4.78 is 9.85. The molecule has 0 radical (unpaired) electrons. The highest BCUT2D eigenvalue weighted by Crippen LogP contribution is 2.23. The molecule has 1 N–H and O–H groups in total. The summed E-state index contributed by atoms with van der Waals surface area (Å²) in [5, 5.41) is 9.39. The van der Waals surface area contributed by atoms with Gasteiger partial charge in [-0.2, -0.15) is 0 Å². The van der Waals surface area contributed by atoms with Crippen molar-refractivity contribution in [2.24, 2.45) is 0 Å². The minimum absolute atomic E-state index is 0.126. The molecule has 0 fully saturated rings. The van der Waals surface area contributed by atoms with Crippen molar-refractivity contribution >= 4 is 0 Å². The van der Waals surface area contributed by atoms with Crippen LogP contribution in [0.5, 0.6) is 0 Å². The Balaban J connectivity index is 2.83. The molecule has 0 atom stereocenters. The fourth-order valence-electron chi connectivity index (χ4n) is 1.07. The summed E-state index contributed by atoms with van der Waals surface area (Å²) in [6, 6.07) is 0. The van der Waals surface area contributed by atoms with Gasteiger partial charge >= 0.3 is 0 Å². The van der Waals surface area contributed by atoms with E-state index in [-0.39, 0.29) is 5.76 Å². The largest absolute Gasteiger partial charge is 0.502 e. The van der Waals surface area contributed by atoms with Crippen molar-refractivity contribution in [1.82, 2.24) is 0 Å². The second-order valence-electron chi connectivity index (χ2n) is 2.29. The molecule has 0 aromatic heterocycles. The zero-order chi connectivity index (χ0) is 8.27. The Morgan fingerprint density at radius 2 is 2.09 bits per heavy atom. The Morgan fingerprint density at radius 1 is 1.36 bits per heavy atom. The van der Waals surface area contributed by atoms with Crippen molar-refractivity contribution in [2.45, 2.75) is 12.8 Å². The first-order valence-electron chi connectivity index (χ1n) is 3.50. The summed E-state index contributed by atoms with van der Waals surface area (Å²) in [5.41, 5.74) is 0. The van der Waals surface area contributed by atoms with Crippen molar-refractivity contribution in [3.05, 3.63) is 23.4 Å². The van der Waals surface area contributed by atoms with Crippen molar-refractivity contribution in [3.8, 4) is 0 Å². The van der Waals surface area contributed by atoms with Gasteiger partial charge in [-0.15, -0.1) is 0 Å². The van der Waals surface area contributed by atoms with E-state index in [1.54, 1.807) is 7.11 Å². The summed E-state index contributed by atoms with van der Waals surface area (Å²) in [6.45, 7) is 0. The van der Waals surface area contributed by atoms with Crippen molar-refractivity contribution in [1.29, 1.82) is 0 Å². The molecule has 0 aromatic carbocycles. The van der Waals surface area contributed by atoms with Gasteiger partial charge in [0, 0.05) is 6.42 Å². The summed E-state index contributed by atoms with van der Waals surface area (Å²) in [6.07, 6.45) is 3.45. The fraction of sp³-hybridized carbons (Fsp3) is 0.500. The highest BCUT2D eigenvalue weighted by atomic mass is 16.5. The molecule has 0 spiro atoms. The molecule has 0 unspecified atom stereocenters. The SMILES string of the molecule is COC1=CCCC(OC)=C1O. The lowest BCUT2D eigenvalue weighted by molar-refractivity contribution is 0.201. The maximum Gasteiger partial charge on any atom is 0.195 e. The molecule has 62 valence electrons. The lowest BCUT2D eigenvalue weighted by Gasteiger charge is -2.14. The zero-order valence-electron chi connectivity index (χ0n) is 6.76. The number of aliphatic hydroxyl groups excluding tert-OH is 1. The summed E-state index contributed by atoms with van der Waals surface area (Å²) >= 11 is 0. The molecular weight excluding hydrogens is 144 g/mol. The molecule has 3 nitrogen and oxygen atoms in total. The molecule has 1 aliphatic carbocycles. The zero-order valence-corrected chi connectivity index (χ0v) is 6.76. The number of hydrogen-bond acceptors (Lipinski definition) is 3. The van der Waals surface area contributed by atoms with Crippen LogP contribution in [-0.4, -0.2) is 19.3 Å². The third-order valence-electron chi connectivity index (χ3n) is 1.66. The van der Waals surface area contributed by atoms with E-state index in [0.29, 0.717) is 11.5 Å². The van der Waals surface area contributed by atoms with Crippen LogP contribution in [0.25, 0.3) is 0 Å². The predicted octanol–water partition coefficient (Wildman–Crippen LogP) is 1.73. The van der Waals surface area contributed by atoms with Crippen LogP contribution >= 0.6 is 0 Å². The van der Waals surface area contributed by atoms with Crippen LogP contribution in [0.15, 0.2) is 23.4 Å². The monoisotopic (exact) mass is 156 g/mol. The van der Waals surface area contributed by atoms with E-state index in [9.17, 15) is 5.11 Å². The second-order valence-corrected chi connectivity index (χ2v) is 2.29. The number of hydrogen-bond donors (Lipinski definition) is 1. The van der Waals surface area contributed by atoms with Gasteiger partial charge in [-0.05, 0) is 12.5 Å². The van der Waals surface area contributed by atoms with Gasteiger partial charge in [0.15, 0.2) is 11.5 Å². The molecule has 3 heteroatoms. The van der Waals surface area contributed by atoms with Crippen LogP contribution in [0.3, 0.4) is 0 Å². The molecule has 1 aliphatic rings. The Kier molecular flexibility index (Phi) is 2.41. The average molecular weight is 156 g/mol. The summed E-state index contributed by atoms with van der Waals surface area (Å²) in [4.78, 5) is 0.